The van der Waals surface area contributed by atoms with Crippen LogP contribution in [0.1, 0.15) is 303 Å². The summed E-state index contributed by atoms with van der Waals surface area (Å²) >= 11 is 0. The highest BCUT2D eigenvalue weighted by atomic mass is 32.2. The van der Waals surface area contributed by atoms with E-state index in [0.29, 0.717) is 144 Å². The predicted molar refractivity (Wildman–Crippen MR) is 489 cm³/mol. The van der Waals surface area contributed by atoms with E-state index >= 15 is 0 Å². The average Bonchev–Trinajstić information content (AvgIpc) is 1.48. The summed E-state index contributed by atoms with van der Waals surface area (Å²) in [5.74, 6) is 10.3. The zero-order valence-electron chi connectivity index (χ0n) is 79.4. The van der Waals surface area contributed by atoms with E-state index in [4.69, 9.17) is 14.2 Å². The molecule has 20 nitrogen and oxygen atoms in total. The molecule has 4 amide bonds. The number of ether oxygens (including phenoxy) is 3. The van der Waals surface area contributed by atoms with Crippen molar-refractivity contribution in [2.45, 2.75) is 356 Å². The Morgan fingerprint density at radius 3 is 1.27 bits per heavy atom. The van der Waals surface area contributed by atoms with Gasteiger partial charge in [0.15, 0.2) is 17.3 Å². The van der Waals surface area contributed by atoms with E-state index in [2.05, 4.69) is 124 Å². The molecule has 6 saturated heterocycles. The van der Waals surface area contributed by atoms with Gasteiger partial charge in [0.1, 0.15) is 0 Å². The van der Waals surface area contributed by atoms with Crippen LogP contribution in [0.15, 0.2) is 57.2 Å². The van der Waals surface area contributed by atoms with Gasteiger partial charge in [-0.2, -0.15) is 0 Å². The van der Waals surface area contributed by atoms with Crippen LogP contribution in [0, 0.1) is 116 Å². The molecule has 13 aliphatic carbocycles. The molecule has 6 heterocycles. The maximum Gasteiger partial charge on any atom is 0.239 e. The van der Waals surface area contributed by atoms with Crippen LogP contribution in [0.4, 0.5) is 0 Å². The number of ketones is 3. The number of rotatable bonds is 18. The van der Waals surface area contributed by atoms with E-state index in [1.807, 2.05) is 25.2 Å². The molecule has 14 fully saturated rings. The molecular formula is C104H160N8O12S. The molecule has 29 atom stereocenters. The number of allylic oxidation sites excluding steroid dienone is 8. The molecule has 8 saturated carbocycles. The third-order valence-electron chi connectivity index (χ3n) is 39.4. The van der Waals surface area contributed by atoms with Crippen molar-refractivity contribution < 1.29 is 56.2 Å². The normalized spacial score (nSPS) is 44.5. The lowest BCUT2D eigenvalue weighted by Gasteiger charge is -2.48. The van der Waals surface area contributed by atoms with Gasteiger partial charge < -0.3 is 35.5 Å². The first kappa shape index (κ1) is 92.1. The maximum absolute atomic E-state index is 12.3. The summed E-state index contributed by atoms with van der Waals surface area (Å²) < 4.78 is 49.2. The van der Waals surface area contributed by atoms with Crippen LogP contribution in [0.5, 0.6) is 0 Å². The number of fused-ring (bicyclic) bond motifs is 17. The summed E-state index contributed by atoms with van der Waals surface area (Å²) in [5.41, 5.74) is 12.2. The third kappa shape index (κ3) is 16.8. The number of nitrogens with one attached hydrogen (secondary N) is 5. The SMILES string of the molecule is CCC(=O)NCC(=O)NCCN1C[C@@H](C)C[C@H]2O[C@]3(CC[C@@H]4C(=C(C)C3)C[C@H]3[C@H]4CCC4=CC(=O)CC[C@@]43C)[C@H](C)[C@@H]21.CCC(=O)NCC(=O)NCCN1C[C@@H](C)C[C@H]2O[C@]3(CC[C@H]4[C@@H]5CCC6=CC(=O)CC[C@]6(C)[C@H]5CC45CC5(C)C3)[C@H](C)[C@@H]21.CCCS(=O)(=O)NCCN1C[C@@H](C)C[C@H]2O[C@]3(CC[C@@H]4C(=C(C)C3)C[C@H]3[C@H]4CCC4=CC(=O)CC[C@@]43C)[C@H](C)[C@@H]21. The molecule has 6 aliphatic heterocycles. The number of amides is 4. The highest BCUT2D eigenvalue weighted by Crippen LogP contribution is 2.84. The molecule has 0 aromatic rings. The van der Waals surface area contributed by atoms with Crippen molar-refractivity contribution in [3.8, 4) is 0 Å². The highest BCUT2D eigenvalue weighted by Gasteiger charge is 2.78. The van der Waals surface area contributed by atoms with Crippen LogP contribution in [-0.4, -0.2) is 195 Å². The molecule has 0 aromatic carbocycles. The predicted octanol–water partition coefficient (Wildman–Crippen LogP) is 15.6. The van der Waals surface area contributed by atoms with Crippen LogP contribution in [0.25, 0.3) is 0 Å². The number of hydrogen-bond acceptors (Lipinski definition) is 15. The first-order chi connectivity index (χ1) is 59.4. The number of hydrogen-bond donors (Lipinski definition) is 5. The van der Waals surface area contributed by atoms with E-state index in [0.717, 1.165) is 172 Å². The molecule has 0 bridgehead atoms. The summed E-state index contributed by atoms with van der Waals surface area (Å²) in [6, 6.07) is 1.14. The highest BCUT2D eigenvalue weighted by molar-refractivity contribution is 7.89. The van der Waals surface area contributed by atoms with Crippen LogP contribution < -0.4 is 26.0 Å². The topological polar surface area (TPSA) is 251 Å². The number of piperidine rings is 3. The average molecular weight is 1750 g/mol. The van der Waals surface area contributed by atoms with Crippen molar-refractivity contribution in [2.24, 2.45) is 116 Å². The fraction of sp³-hybridized carbons (Fsp3) is 0.837. The zero-order chi connectivity index (χ0) is 88.6. The van der Waals surface area contributed by atoms with Gasteiger partial charge in [-0.15, -0.1) is 0 Å². The summed E-state index contributed by atoms with van der Waals surface area (Å²) in [6.45, 7) is 42.0. The smallest absolute Gasteiger partial charge is 0.239 e. The molecule has 21 heteroatoms. The van der Waals surface area contributed by atoms with Crippen molar-refractivity contribution in [3.05, 3.63) is 57.2 Å². The quantitative estimate of drug-likeness (QED) is 0.0800. The van der Waals surface area contributed by atoms with Crippen LogP contribution in [0.3, 0.4) is 0 Å². The molecule has 2 unspecified atom stereocenters. The van der Waals surface area contributed by atoms with E-state index in [1.54, 1.807) is 36.1 Å². The second-order valence-corrected chi connectivity index (χ2v) is 48.3. The fourth-order valence-electron chi connectivity index (χ4n) is 33.2. The molecule has 5 N–H and O–H groups in total. The van der Waals surface area contributed by atoms with E-state index in [1.165, 1.54) is 93.8 Å². The number of sulfonamides is 1. The van der Waals surface area contributed by atoms with Gasteiger partial charge in [0.2, 0.25) is 33.7 Å². The van der Waals surface area contributed by atoms with Gasteiger partial charge >= 0.3 is 0 Å². The van der Waals surface area contributed by atoms with Gasteiger partial charge in [0.25, 0.3) is 0 Å². The largest absolute Gasteiger partial charge is 0.370 e. The molecule has 125 heavy (non-hydrogen) atoms. The Hall–Kier alpha value is -4.74. The number of carbonyl (C=O) groups is 7. The van der Waals surface area contributed by atoms with E-state index in [-0.39, 0.29) is 93.8 Å². The first-order valence-electron chi connectivity index (χ1n) is 50.8. The van der Waals surface area contributed by atoms with Crippen molar-refractivity contribution in [1.82, 2.24) is 40.7 Å². The summed E-state index contributed by atoms with van der Waals surface area (Å²) in [4.78, 5) is 92.2. The number of carbonyl (C=O) groups excluding carboxylic acids is 7. The lowest BCUT2D eigenvalue weighted by Crippen LogP contribution is -2.54. The lowest BCUT2D eigenvalue weighted by atomic mass is 9.56. The second kappa shape index (κ2) is 35.3. The Balaban J connectivity index is 0.000000133. The summed E-state index contributed by atoms with van der Waals surface area (Å²) in [5, 5.41) is 11.4. The van der Waals surface area contributed by atoms with Crippen molar-refractivity contribution in [2.75, 3.05) is 77.7 Å². The zero-order valence-corrected chi connectivity index (χ0v) is 80.2. The summed E-state index contributed by atoms with van der Waals surface area (Å²) in [6.07, 6.45) is 39.5. The molecule has 4 spiro atoms. The second-order valence-electron chi connectivity index (χ2n) is 46.4. The van der Waals surface area contributed by atoms with Gasteiger partial charge in [0, 0.05) is 127 Å². The Labute approximate surface area is 750 Å². The minimum absolute atomic E-state index is 0.0452. The first-order valence-corrected chi connectivity index (χ1v) is 52.5. The Morgan fingerprint density at radius 2 is 0.848 bits per heavy atom. The van der Waals surface area contributed by atoms with Crippen molar-refractivity contribution in [3.63, 3.8) is 0 Å². The van der Waals surface area contributed by atoms with Crippen molar-refractivity contribution >= 4 is 51.0 Å². The van der Waals surface area contributed by atoms with Gasteiger partial charge in [-0.3, -0.25) is 48.3 Å². The van der Waals surface area contributed by atoms with Gasteiger partial charge in [-0.05, 0) is 297 Å². The molecule has 0 aromatic heterocycles. The Kier molecular flexibility index (Phi) is 26.0. The molecule has 0 radical (unpaired) electrons. The van der Waals surface area contributed by atoms with Gasteiger partial charge in [-0.25, -0.2) is 13.1 Å². The molecule has 19 rings (SSSR count). The van der Waals surface area contributed by atoms with E-state index in [9.17, 15) is 42.0 Å². The minimum Gasteiger partial charge on any atom is -0.370 e. The minimum atomic E-state index is -3.19. The van der Waals surface area contributed by atoms with E-state index < -0.39 is 10.0 Å². The molecular weight excluding hydrogens is 1590 g/mol. The molecule has 694 valence electrons. The van der Waals surface area contributed by atoms with Gasteiger partial charge in [-0.1, -0.05) is 129 Å². The lowest BCUT2D eigenvalue weighted by molar-refractivity contribution is -0.126. The number of nitrogens with zero attached hydrogens (tertiary/aromatic N) is 3. The Bertz CT molecular complexity index is 4460. The van der Waals surface area contributed by atoms with Crippen LogP contribution in [-0.2, 0) is 57.8 Å². The van der Waals surface area contributed by atoms with Crippen LogP contribution in [0.2, 0.25) is 0 Å². The summed E-state index contributed by atoms with van der Waals surface area (Å²) in [7, 11) is -3.19. The number of likely N-dealkylation sites (tertiary alicyclic amines) is 3. The maximum atomic E-state index is 12.3. The van der Waals surface area contributed by atoms with Gasteiger partial charge in [0.05, 0.1) is 54.0 Å². The standard InChI is InChI=1S/C36H55N3O4.C35H53N3O4.C33H52N2O4S/c1-6-30(41)38-18-31(42)37-13-14-39-19-22(2)15-29-32(39)23(3)36(43-29)12-10-27-26-8-7-24-16-25(40)9-11-34(24,5)28(26)17-35(27)20-33(35,4)21-36;1-6-31(40)37-19-32(41)36-13-14-38-20-21(2)15-30-33(38)23(4)35(42-30)12-10-26-27-8-7-24-16-25(39)9-11-34(24,5)29(27)17-28(26)22(3)18-35;1-6-15-40(37,38)34-13-14-35-20-21(2)16-30-31(35)23(4)33(39-30)12-10-26-27-8-7-24-17-25(36)9-11-32(24,5)29(27)18-28(26)22(3)19-33/h16,22-23,26-29,32H,6-15,17-21H2,1-5H3,(H,37,42)(H,38,41);16,21,23,26-27,29-30,33H,6-15,17-20H2,1-5H3,(H,36,41)(H,37,40);17,21,23,26-27,29-31,34H,6-16,18-20H2,1-5H3/t22-,23+,26-,27-,28-,29+,32-,33?,34-,35?,36-;21-,23+,26-,27-,29-,30+,33-,34-,35-;21-,23+,26-,27-,29-,30+,31-,32-,33-/m000/s1. The van der Waals surface area contributed by atoms with Crippen LogP contribution >= 0.6 is 0 Å². The fourth-order valence-corrected chi connectivity index (χ4v) is 34.3. The monoisotopic (exact) mass is 1750 g/mol. The molecule has 19 aliphatic rings. The third-order valence-corrected chi connectivity index (χ3v) is 41.0. The van der Waals surface area contributed by atoms with Crippen molar-refractivity contribution in [1.29, 1.82) is 0 Å². The Morgan fingerprint density at radius 1 is 0.456 bits per heavy atom.